The second-order valence-electron chi connectivity index (χ2n) is 7.37. The first-order valence-corrected chi connectivity index (χ1v) is 10.7. The van der Waals surface area contributed by atoms with Gasteiger partial charge < -0.3 is 25.2 Å². The van der Waals surface area contributed by atoms with Crippen LogP contribution in [0, 0.1) is 0 Å². The van der Waals surface area contributed by atoms with Gasteiger partial charge in [-0.1, -0.05) is 18.2 Å². The highest BCUT2D eigenvalue weighted by Gasteiger charge is 2.21. The molecule has 0 unspecified atom stereocenters. The summed E-state index contributed by atoms with van der Waals surface area (Å²) >= 11 is 0. The van der Waals surface area contributed by atoms with Crippen molar-refractivity contribution in [1.29, 1.82) is 0 Å². The predicted molar refractivity (Wildman–Crippen MR) is 126 cm³/mol. The number of anilines is 5. The molecule has 1 aromatic heterocycles. The molecular formula is C23H27N7O2. The maximum atomic E-state index is 11.3. The van der Waals surface area contributed by atoms with Gasteiger partial charge in [-0.15, -0.1) is 0 Å². The van der Waals surface area contributed by atoms with E-state index >= 15 is 0 Å². The molecule has 0 bridgehead atoms. The molecule has 0 aliphatic carbocycles. The largest absolute Gasteiger partial charge is 0.492 e. The molecule has 4 rings (SSSR count). The van der Waals surface area contributed by atoms with Crippen LogP contribution in [0.25, 0.3) is 0 Å². The van der Waals surface area contributed by atoms with Crippen LogP contribution in [0.1, 0.15) is 13.8 Å². The summed E-state index contributed by atoms with van der Waals surface area (Å²) in [5.41, 5.74) is 2.61. The summed E-state index contributed by atoms with van der Waals surface area (Å²) in [7, 11) is 0. The van der Waals surface area contributed by atoms with Crippen molar-refractivity contribution >= 4 is 34.9 Å². The molecule has 166 valence electrons. The number of hydrogen-bond donors (Lipinski definition) is 2. The van der Waals surface area contributed by atoms with E-state index in [-0.39, 0.29) is 5.91 Å². The maximum Gasteiger partial charge on any atom is 0.231 e. The Morgan fingerprint density at radius 2 is 1.75 bits per heavy atom. The first kappa shape index (κ1) is 21.4. The predicted octanol–water partition coefficient (Wildman–Crippen LogP) is 3.30. The number of nitrogens with one attached hydrogen (secondary N) is 2. The number of nitrogens with zero attached hydrogens (tertiary/aromatic N) is 5. The lowest BCUT2D eigenvalue weighted by molar-refractivity contribution is -0.114. The normalized spacial score (nSPS) is 13.6. The van der Waals surface area contributed by atoms with Gasteiger partial charge in [-0.05, 0) is 37.3 Å². The molecule has 0 spiro atoms. The minimum Gasteiger partial charge on any atom is -0.492 e. The van der Waals surface area contributed by atoms with Crippen LogP contribution >= 0.6 is 0 Å². The molecule has 2 aromatic carbocycles. The fourth-order valence-corrected chi connectivity index (χ4v) is 3.65. The van der Waals surface area contributed by atoms with Gasteiger partial charge in [-0.3, -0.25) is 4.79 Å². The summed E-state index contributed by atoms with van der Waals surface area (Å²) < 4.78 is 5.78. The molecule has 1 saturated heterocycles. The van der Waals surface area contributed by atoms with Crippen LogP contribution in [0.5, 0.6) is 5.75 Å². The van der Waals surface area contributed by atoms with Gasteiger partial charge in [-0.2, -0.15) is 4.98 Å². The average Bonchev–Trinajstić information content (AvgIpc) is 2.80. The number of ether oxygens (including phenoxy) is 1. The summed E-state index contributed by atoms with van der Waals surface area (Å²) in [5.74, 6) is 1.89. The molecule has 2 N–H and O–H groups in total. The highest BCUT2D eigenvalue weighted by molar-refractivity contribution is 5.89. The molecule has 32 heavy (non-hydrogen) atoms. The number of amides is 1. The van der Waals surface area contributed by atoms with E-state index in [1.807, 2.05) is 49.4 Å². The summed E-state index contributed by atoms with van der Waals surface area (Å²) in [6.07, 6.45) is 1.51. The van der Waals surface area contributed by atoms with Gasteiger partial charge in [0.1, 0.15) is 12.1 Å². The molecule has 9 heteroatoms. The first-order chi connectivity index (χ1) is 15.6. The second kappa shape index (κ2) is 9.95. The molecular weight excluding hydrogens is 406 g/mol. The van der Waals surface area contributed by atoms with Crippen molar-refractivity contribution in [3.05, 3.63) is 54.9 Å². The minimum absolute atomic E-state index is 0.118. The van der Waals surface area contributed by atoms with Crippen molar-refractivity contribution in [2.45, 2.75) is 13.8 Å². The van der Waals surface area contributed by atoms with E-state index in [1.165, 1.54) is 13.3 Å². The topological polar surface area (TPSA) is 95.5 Å². The van der Waals surface area contributed by atoms with Crippen molar-refractivity contribution in [3.8, 4) is 5.75 Å². The van der Waals surface area contributed by atoms with Crippen molar-refractivity contribution in [1.82, 2.24) is 15.0 Å². The van der Waals surface area contributed by atoms with E-state index in [0.29, 0.717) is 24.2 Å². The van der Waals surface area contributed by atoms with Crippen LogP contribution < -0.4 is 25.2 Å². The fourth-order valence-electron chi connectivity index (χ4n) is 3.65. The second-order valence-corrected chi connectivity index (χ2v) is 7.37. The van der Waals surface area contributed by atoms with Crippen molar-refractivity contribution < 1.29 is 9.53 Å². The van der Waals surface area contributed by atoms with Crippen molar-refractivity contribution in [2.24, 2.45) is 0 Å². The number of hydrogen-bond acceptors (Lipinski definition) is 8. The number of aromatic nitrogens is 3. The maximum absolute atomic E-state index is 11.3. The lowest BCUT2D eigenvalue weighted by atomic mass is 10.2. The Morgan fingerprint density at radius 1 is 1.00 bits per heavy atom. The third kappa shape index (κ3) is 5.23. The van der Waals surface area contributed by atoms with Crippen LogP contribution in [-0.4, -0.2) is 53.6 Å². The third-order valence-electron chi connectivity index (χ3n) is 5.07. The molecule has 1 fully saturated rings. The highest BCUT2D eigenvalue weighted by Crippen LogP contribution is 2.29. The van der Waals surface area contributed by atoms with Crippen LogP contribution in [0.2, 0.25) is 0 Å². The Bertz CT molecular complexity index is 1070. The summed E-state index contributed by atoms with van der Waals surface area (Å²) in [5, 5.41) is 5.96. The van der Waals surface area contributed by atoms with Crippen LogP contribution in [0.3, 0.4) is 0 Å². The van der Waals surface area contributed by atoms with Crippen LogP contribution in [-0.2, 0) is 4.79 Å². The Morgan fingerprint density at radius 3 is 2.53 bits per heavy atom. The number of carbonyl (C=O) groups excluding carboxylic acids is 1. The smallest absolute Gasteiger partial charge is 0.231 e. The van der Waals surface area contributed by atoms with Gasteiger partial charge in [0, 0.05) is 44.5 Å². The molecule has 1 amide bonds. The van der Waals surface area contributed by atoms with E-state index in [1.54, 1.807) is 0 Å². The average molecular weight is 434 g/mol. The Hall–Kier alpha value is -3.88. The molecule has 9 nitrogen and oxygen atoms in total. The summed E-state index contributed by atoms with van der Waals surface area (Å²) in [6.45, 7) is 7.40. The van der Waals surface area contributed by atoms with E-state index < -0.39 is 0 Å². The molecule has 1 aliphatic heterocycles. The fraction of sp³-hybridized carbons (Fsp3) is 0.304. The molecule has 0 saturated carbocycles. The standard InChI is InChI=1S/C23H27N7O2/c1-3-32-21-10-5-4-9-20(21)29-11-13-30(14-12-29)23-25-16-24-22(28-23)27-19-8-6-7-18(15-19)26-17(2)31/h4-10,15-16H,3,11-14H2,1-2H3,(H,26,31)(H,24,25,27,28). The summed E-state index contributed by atoms with van der Waals surface area (Å²) in [4.78, 5) is 29.0. The Kier molecular flexibility index (Phi) is 6.64. The van der Waals surface area contributed by atoms with E-state index in [0.717, 1.165) is 43.3 Å². The lowest BCUT2D eigenvalue weighted by Crippen LogP contribution is -2.47. The minimum atomic E-state index is -0.118. The number of para-hydroxylation sites is 2. The van der Waals surface area contributed by atoms with E-state index in [9.17, 15) is 4.79 Å². The van der Waals surface area contributed by atoms with Gasteiger partial charge in [0.15, 0.2) is 0 Å². The Labute approximate surface area is 187 Å². The summed E-state index contributed by atoms with van der Waals surface area (Å²) in [6, 6.07) is 15.5. The Balaban J connectivity index is 1.41. The molecule has 1 aliphatic rings. The van der Waals surface area contributed by atoms with E-state index in [2.05, 4.69) is 41.5 Å². The number of benzene rings is 2. The van der Waals surface area contributed by atoms with E-state index in [4.69, 9.17) is 4.74 Å². The molecule has 0 radical (unpaired) electrons. The quantitative estimate of drug-likeness (QED) is 0.586. The number of carbonyl (C=O) groups is 1. The van der Waals surface area contributed by atoms with Gasteiger partial charge in [0.2, 0.25) is 17.8 Å². The molecule has 0 atom stereocenters. The van der Waals surface area contributed by atoms with Gasteiger partial charge in [-0.25, -0.2) is 9.97 Å². The van der Waals surface area contributed by atoms with Crippen molar-refractivity contribution in [3.63, 3.8) is 0 Å². The highest BCUT2D eigenvalue weighted by atomic mass is 16.5. The molecule has 3 aromatic rings. The van der Waals surface area contributed by atoms with Gasteiger partial charge in [0.05, 0.1) is 12.3 Å². The van der Waals surface area contributed by atoms with Crippen molar-refractivity contribution in [2.75, 3.05) is 53.2 Å². The lowest BCUT2D eigenvalue weighted by Gasteiger charge is -2.36. The monoisotopic (exact) mass is 433 g/mol. The van der Waals surface area contributed by atoms with Crippen LogP contribution in [0.4, 0.5) is 29.0 Å². The third-order valence-corrected chi connectivity index (χ3v) is 5.07. The first-order valence-electron chi connectivity index (χ1n) is 10.7. The number of rotatable bonds is 7. The SMILES string of the molecule is CCOc1ccccc1N1CCN(c2ncnc(Nc3cccc(NC(C)=O)c3)n2)CC1. The molecule has 2 heterocycles. The van der Waals surface area contributed by atoms with Gasteiger partial charge >= 0.3 is 0 Å². The number of piperazine rings is 1. The zero-order valence-electron chi connectivity index (χ0n) is 18.3. The zero-order valence-corrected chi connectivity index (χ0v) is 18.3. The van der Waals surface area contributed by atoms with Gasteiger partial charge in [0.25, 0.3) is 0 Å². The zero-order chi connectivity index (χ0) is 22.3. The van der Waals surface area contributed by atoms with Crippen LogP contribution in [0.15, 0.2) is 54.9 Å².